The van der Waals surface area contributed by atoms with Gasteiger partial charge in [-0.25, -0.2) is 5.43 Å². The highest BCUT2D eigenvalue weighted by molar-refractivity contribution is 14.1. The molecule has 0 saturated carbocycles. The quantitative estimate of drug-likeness (QED) is 0.430. The molecule has 1 amide bonds. The molecule has 0 atom stereocenters. The Morgan fingerprint density at radius 2 is 2.14 bits per heavy atom. The van der Waals surface area contributed by atoms with Crippen molar-refractivity contribution >= 4 is 50.6 Å². The molecule has 0 heterocycles. The number of nitrogens with zero attached hydrogens (tertiary/aromatic N) is 1. The summed E-state index contributed by atoms with van der Waals surface area (Å²) >= 11 is 5.58. The topological polar surface area (TPSA) is 50.7 Å². The van der Waals surface area contributed by atoms with Gasteiger partial charge in [0.25, 0.3) is 5.91 Å². The van der Waals surface area contributed by atoms with E-state index >= 15 is 0 Å². The summed E-state index contributed by atoms with van der Waals surface area (Å²) in [6, 6.07) is 12.8. The van der Waals surface area contributed by atoms with E-state index in [1.807, 2.05) is 30.3 Å². The van der Waals surface area contributed by atoms with Crippen molar-refractivity contribution in [1.29, 1.82) is 0 Å². The van der Waals surface area contributed by atoms with E-state index in [0.29, 0.717) is 5.56 Å². The molecule has 108 valence electrons. The van der Waals surface area contributed by atoms with Crippen molar-refractivity contribution < 1.29 is 9.53 Å². The molecule has 6 heteroatoms. The van der Waals surface area contributed by atoms with Crippen molar-refractivity contribution in [3.05, 3.63) is 61.6 Å². The third-order valence-corrected chi connectivity index (χ3v) is 4.05. The minimum Gasteiger partial charge on any atom is -0.497 e. The van der Waals surface area contributed by atoms with Gasteiger partial charge in [-0.3, -0.25) is 4.79 Å². The van der Waals surface area contributed by atoms with Crippen LogP contribution in [-0.2, 0) is 0 Å². The van der Waals surface area contributed by atoms with Crippen LogP contribution in [0.5, 0.6) is 5.75 Å². The average molecular weight is 459 g/mol. The predicted octanol–water partition coefficient (Wildman–Crippen LogP) is 3.83. The number of nitrogens with one attached hydrogen (secondary N) is 1. The molecule has 1 N–H and O–H groups in total. The molecule has 0 aliphatic rings. The highest BCUT2D eigenvalue weighted by atomic mass is 127. The Morgan fingerprint density at radius 3 is 2.86 bits per heavy atom. The van der Waals surface area contributed by atoms with E-state index < -0.39 is 0 Å². The van der Waals surface area contributed by atoms with E-state index in [0.717, 1.165) is 19.4 Å². The summed E-state index contributed by atoms with van der Waals surface area (Å²) in [5.41, 5.74) is 3.89. The fraction of sp³-hybridized carbons (Fsp3) is 0.0667. The third-order valence-electron chi connectivity index (χ3n) is 2.66. The van der Waals surface area contributed by atoms with Crippen LogP contribution in [0.15, 0.2) is 52.0 Å². The molecule has 0 radical (unpaired) electrons. The Balaban J connectivity index is 2.07. The molecule has 0 aliphatic carbocycles. The zero-order valence-corrected chi connectivity index (χ0v) is 14.9. The second kappa shape index (κ2) is 7.56. The number of carbonyl (C=O) groups is 1. The Kier molecular flexibility index (Phi) is 5.75. The molecule has 0 spiro atoms. The maximum atomic E-state index is 11.9. The van der Waals surface area contributed by atoms with Gasteiger partial charge in [-0.1, -0.05) is 22.0 Å². The number of amides is 1. The Hall–Kier alpha value is -1.41. The number of methoxy groups -OCH3 is 1. The lowest BCUT2D eigenvalue weighted by molar-refractivity contribution is 0.0955. The normalized spacial score (nSPS) is 10.6. The van der Waals surface area contributed by atoms with Crippen LogP contribution in [0, 0.1) is 3.57 Å². The summed E-state index contributed by atoms with van der Waals surface area (Å²) in [5, 5.41) is 3.97. The number of ether oxygens (including phenoxy) is 1. The maximum Gasteiger partial charge on any atom is 0.271 e. The Morgan fingerprint density at radius 1 is 1.33 bits per heavy atom. The molecule has 2 rings (SSSR count). The minimum atomic E-state index is -0.246. The smallest absolute Gasteiger partial charge is 0.271 e. The monoisotopic (exact) mass is 458 g/mol. The largest absolute Gasteiger partial charge is 0.497 e. The number of hydrogen-bond acceptors (Lipinski definition) is 3. The molecule has 0 aromatic heterocycles. The summed E-state index contributed by atoms with van der Waals surface area (Å²) < 4.78 is 7.02. The molecular formula is C15H12BrIN2O2. The number of rotatable bonds is 4. The van der Waals surface area contributed by atoms with Crippen molar-refractivity contribution in [3.63, 3.8) is 0 Å². The zero-order valence-electron chi connectivity index (χ0n) is 11.1. The van der Waals surface area contributed by atoms with E-state index in [1.165, 1.54) is 0 Å². The van der Waals surface area contributed by atoms with Gasteiger partial charge < -0.3 is 4.74 Å². The SMILES string of the molecule is COc1ccc(Br)c(/C=N/NC(=O)c2cccc(I)c2)c1. The van der Waals surface area contributed by atoms with Crippen LogP contribution in [0.4, 0.5) is 0 Å². The number of hydrazone groups is 1. The molecular weight excluding hydrogens is 447 g/mol. The number of halogens is 2. The molecule has 21 heavy (non-hydrogen) atoms. The van der Waals surface area contributed by atoms with Crippen LogP contribution >= 0.6 is 38.5 Å². The first-order chi connectivity index (χ1) is 10.1. The van der Waals surface area contributed by atoms with Gasteiger partial charge in [-0.05, 0) is 59.0 Å². The van der Waals surface area contributed by atoms with E-state index in [2.05, 4.69) is 49.0 Å². The van der Waals surface area contributed by atoms with Gasteiger partial charge in [-0.2, -0.15) is 5.10 Å². The summed E-state index contributed by atoms with van der Waals surface area (Å²) in [7, 11) is 1.60. The van der Waals surface area contributed by atoms with E-state index in [-0.39, 0.29) is 5.91 Å². The van der Waals surface area contributed by atoms with Crippen LogP contribution in [-0.4, -0.2) is 19.2 Å². The molecule has 0 fully saturated rings. The molecule has 0 unspecified atom stereocenters. The molecule has 0 aliphatic heterocycles. The Labute approximate surface area is 144 Å². The van der Waals surface area contributed by atoms with Crippen molar-refractivity contribution in [2.75, 3.05) is 7.11 Å². The van der Waals surface area contributed by atoms with Gasteiger partial charge >= 0.3 is 0 Å². The van der Waals surface area contributed by atoms with E-state index in [1.54, 1.807) is 25.5 Å². The van der Waals surface area contributed by atoms with Gasteiger partial charge in [0.15, 0.2) is 0 Å². The first-order valence-electron chi connectivity index (χ1n) is 6.02. The van der Waals surface area contributed by atoms with Gasteiger partial charge in [0, 0.05) is 19.2 Å². The summed E-state index contributed by atoms with van der Waals surface area (Å²) in [6.45, 7) is 0. The highest BCUT2D eigenvalue weighted by Gasteiger charge is 2.04. The maximum absolute atomic E-state index is 11.9. The minimum absolute atomic E-state index is 0.246. The van der Waals surface area contributed by atoms with Crippen LogP contribution in [0.1, 0.15) is 15.9 Å². The van der Waals surface area contributed by atoms with Crippen LogP contribution in [0.2, 0.25) is 0 Å². The lowest BCUT2D eigenvalue weighted by atomic mass is 10.2. The van der Waals surface area contributed by atoms with Gasteiger partial charge in [0.05, 0.1) is 13.3 Å². The first kappa shape index (κ1) is 16.0. The van der Waals surface area contributed by atoms with Gasteiger partial charge in [-0.15, -0.1) is 0 Å². The molecule has 4 nitrogen and oxygen atoms in total. The fourth-order valence-electron chi connectivity index (χ4n) is 1.60. The Bertz CT molecular complexity index is 689. The molecule has 2 aromatic rings. The molecule has 0 saturated heterocycles. The first-order valence-corrected chi connectivity index (χ1v) is 7.90. The average Bonchev–Trinajstić information content (AvgIpc) is 2.49. The van der Waals surface area contributed by atoms with Crippen molar-refractivity contribution in [2.24, 2.45) is 5.10 Å². The highest BCUT2D eigenvalue weighted by Crippen LogP contribution is 2.20. The predicted molar refractivity (Wildman–Crippen MR) is 94.9 cm³/mol. The van der Waals surface area contributed by atoms with Gasteiger partial charge in [0.2, 0.25) is 0 Å². The van der Waals surface area contributed by atoms with E-state index in [9.17, 15) is 4.79 Å². The second-order valence-electron chi connectivity index (χ2n) is 4.10. The molecule has 0 bridgehead atoms. The fourth-order valence-corrected chi connectivity index (χ4v) is 2.49. The number of carbonyl (C=O) groups excluding carboxylic acids is 1. The summed E-state index contributed by atoms with van der Waals surface area (Å²) in [5.74, 6) is 0.479. The number of benzene rings is 2. The van der Waals surface area contributed by atoms with Crippen molar-refractivity contribution in [1.82, 2.24) is 5.43 Å². The van der Waals surface area contributed by atoms with E-state index in [4.69, 9.17) is 4.74 Å². The van der Waals surface area contributed by atoms with Crippen molar-refractivity contribution in [3.8, 4) is 5.75 Å². The standard InChI is InChI=1S/C15H12BrIN2O2/c1-21-13-5-6-14(16)11(8-13)9-18-19-15(20)10-3-2-4-12(17)7-10/h2-9H,1H3,(H,19,20)/b18-9+. The zero-order chi connectivity index (χ0) is 15.2. The third kappa shape index (κ3) is 4.53. The van der Waals surface area contributed by atoms with Crippen LogP contribution in [0.25, 0.3) is 0 Å². The van der Waals surface area contributed by atoms with Crippen LogP contribution < -0.4 is 10.2 Å². The second-order valence-corrected chi connectivity index (χ2v) is 6.20. The number of hydrogen-bond donors (Lipinski definition) is 1. The van der Waals surface area contributed by atoms with Crippen molar-refractivity contribution in [2.45, 2.75) is 0 Å². The molecule has 2 aromatic carbocycles. The summed E-state index contributed by atoms with van der Waals surface area (Å²) in [6.07, 6.45) is 1.57. The summed E-state index contributed by atoms with van der Waals surface area (Å²) in [4.78, 5) is 11.9. The van der Waals surface area contributed by atoms with Gasteiger partial charge in [0.1, 0.15) is 5.75 Å². The van der Waals surface area contributed by atoms with Crippen LogP contribution in [0.3, 0.4) is 0 Å². The lowest BCUT2D eigenvalue weighted by Gasteiger charge is -2.03. The lowest BCUT2D eigenvalue weighted by Crippen LogP contribution is -2.17.